The molecule has 1 unspecified atom stereocenters. The Bertz CT molecular complexity index is 757. The minimum atomic E-state index is -0.761. The molecule has 0 bridgehead atoms. The summed E-state index contributed by atoms with van der Waals surface area (Å²) in [5.41, 5.74) is 1.09. The number of nitrogens with one attached hydrogen (secondary N) is 1. The molecule has 0 saturated carbocycles. The van der Waals surface area contributed by atoms with E-state index in [9.17, 15) is 14.4 Å². The summed E-state index contributed by atoms with van der Waals surface area (Å²) in [6, 6.07) is 15.3. The van der Waals surface area contributed by atoms with Gasteiger partial charge in [-0.05, 0) is 24.6 Å². The number of ether oxygens (including phenoxy) is 2. The standard InChI is InChI=1S/C19H19NO5/c1-13(14-8-4-3-5-9-14)20-17(21)12-25-19(23)16-11-7-6-10-15(16)18(22)24-2/h3-11,13H,12H2,1-2H3,(H,20,21). The van der Waals surface area contributed by atoms with Gasteiger partial charge in [0.05, 0.1) is 24.3 Å². The first-order valence-electron chi connectivity index (χ1n) is 7.71. The van der Waals surface area contributed by atoms with Crippen molar-refractivity contribution in [1.82, 2.24) is 5.32 Å². The fourth-order valence-corrected chi connectivity index (χ4v) is 2.27. The highest BCUT2D eigenvalue weighted by Crippen LogP contribution is 2.13. The Hall–Kier alpha value is -3.15. The lowest BCUT2D eigenvalue weighted by atomic mass is 10.1. The van der Waals surface area contributed by atoms with E-state index in [-0.39, 0.29) is 17.2 Å². The first kappa shape index (κ1) is 18.2. The van der Waals surface area contributed by atoms with Crippen LogP contribution in [-0.4, -0.2) is 31.6 Å². The van der Waals surface area contributed by atoms with Gasteiger partial charge in [0.15, 0.2) is 6.61 Å². The van der Waals surface area contributed by atoms with Crippen LogP contribution in [0.3, 0.4) is 0 Å². The van der Waals surface area contributed by atoms with Crippen LogP contribution in [0.25, 0.3) is 0 Å². The van der Waals surface area contributed by atoms with Gasteiger partial charge in [0, 0.05) is 0 Å². The maximum absolute atomic E-state index is 12.1. The predicted octanol–water partition coefficient (Wildman–Crippen LogP) is 2.51. The molecule has 0 spiro atoms. The molecule has 2 rings (SSSR count). The van der Waals surface area contributed by atoms with Crippen molar-refractivity contribution in [2.24, 2.45) is 0 Å². The van der Waals surface area contributed by atoms with Gasteiger partial charge < -0.3 is 14.8 Å². The number of carbonyl (C=O) groups is 3. The molecule has 6 nitrogen and oxygen atoms in total. The number of benzene rings is 2. The molecule has 0 aliphatic rings. The van der Waals surface area contributed by atoms with Crippen LogP contribution in [0.5, 0.6) is 0 Å². The summed E-state index contributed by atoms with van der Waals surface area (Å²) in [6.07, 6.45) is 0. The van der Waals surface area contributed by atoms with Gasteiger partial charge >= 0.3 is 11.9 Å². The van der Waals surface area contributed by atoms with Crippen molar-refractivity contribution in [3.8, 4) is 0 Å². The summed E-state index contributed by atoms with van der Waals surface area (Å²) in [4.78, 5) is 35.8. The Morgan fingerprint density at radius 3 is 2.08 bits per heavy atom. The Morgan fingerprint density at radius 2 is 1.48 bits per heavy atom. The van der Waals surface area contributed by atoms with Crippen molar-refractivity contribution in [3.05, 3.63) is 71.3 Å². The van der Waals surface area contributed by atoms with E-state index >= 15 is 0 Å². The van der Waals surface area contributed by atoms with Crippen molar-refractivity contribution < 1.29 is 23.9 Å². The van der Waals surface area contributed by atoms with Crippen LogP contribution in [0.1, 0.15) is 39.2 Å². The minimum Gasteiger partial charge on any atom is -0.465 e. The second-order valence-electron chi connectivity index (χ2n) is 5.31. The third kappa shape index (κ3) is 4.91. The highest BCUT2D eigenvalue weighted by Gasteiger charge is 2.19. The van der Waals surface area contributed by atoms with E-state index in [1.54, 1.807) is 12.1 Å². The van der Waals surface area contributed by atoms with Gasteiger partial charge in [-0.3, -0.25) is 4.79 Å². The molecule has 2 aromatic rings. The summed E-state index contributed by atoms with van der Waals surface area (Å²) < 4.78 is 9.63. The third-order valence-corrected chi connectivity index (χ3v) is 3.56. The Labute approximate surface area is 145 Å². The highest BCUT2D eigenvalue weighted by atomic mass is 16.5. The van der Waals surface area contributed by atoms with E-state index in [0.29, 0.717) is 0 Å². The Balaban J connectivity index is 1.94. The molecule has 25 heavy (non-hydrogen) atoms. The number of hydrogen-bond acceptors (Lipinski definition) is 5. The molecular weight excluding hydrogens is 322 g/mol. The average Bonchev–Trinajstić information content (AvgIpc) is 2.66. The molecule has 0 fully saturated rings. The molecule has 1 atom stereocenters. The summed E-state index contributed by atoms with van der Waals surface area (Å²) >= 11 is 0. The highest BCUT2D eigenvalue weighted by molar-refractivity contribution is 6.03. The fraction of sp³-hybridized carbons (Fsp3) is 0.211. The van der Waals surface area contributed by atoms with E-state index < -0.39 is 24.5 Å². The molecule has 130 valence electrons. The maximum Gasteiger partial charge on any atom is 0.339 e. The van der Waals surface area contributed by atoms with Gasteiger partial charge in [0.2, 0.25) is 0 Å². The molecule has 1 N–H and O–H groups in total. The topological polar surface area (TPSA) is 81.7 Å². The second-order valence-corrected chi connectivity index (χ2v) is 5.31. The van der Waals surface area contributed by atoms with Crippen LogP contribution in [0.4, 0.5) is 0 Å². The molecule has 0 radical (unpaired) electrons. The minimum absolute atomic E-state index is 0.0539. The molecule has 0 aromatic heterocycles. The van der Waals surface area contributed by atoms with Crippen molar-refractivity contribution in [3.63, 3.8) is 0 Å². The van der Waals surface area contributed by atoms with E-state index in [0.717, 1.165) is 5.56 Å². The first-order valence-corrected chi connectivity index (χ1v) is 7.71. The first-order chi connectivity index (χ1) is 12.0. The van der Waals surface area contributed by atoms with Crippen LogP contribution < -0.4 is 5.32 Å². The normalized spacial score (nSPS) is 11.3. The van der Waals surface area contributed by atoms with Crippen LogP contribution in [-0.2, 0) is 14.3 Å². The molecule has 1 amide bonds. The van der Waals surface area contributed by atoms with Crippen molar-refractivity contribution in [2.75, 3.05) is 13.7 Å². The van der Waals surface area contributed by atoms with E-state index in [2.05, 4.69) is 10.1 Å². The summed E-state index contributed by atoms with van der Waals surface area (Å²) in [7, 11) is 1.23. The van der Waals surface area contributed by atoms with Crippen LogP contribution in [0, 0.1) is 0 Å². The molecule has 2 aromatic carbocycles. The summed E-state index contributed by atoms with van der Waals surface area (Å²) in [5.74, 6) is -1.83. The molecule has 0 heterocycles. The van der Waals surface area contributed by atoms with Crippen LogP contribution >= 0.6 is 0 Å². The monoisotopic (exact) mass is 341 g/mol. The van der Waals surface area contributed by atoms with E-state index in [1.807, 2.05) is 37.3 Å². The summed E-state index contributed by atoms with van der Waals surface area (Å²) in [5, 5.41) is 2.74. The lowest BCUT2D eigenvalue weighted by Gasteiger charge is -2.14. The van der Waals surface area contributed by atoms with Crippen molar-refractivity contribution >= 4 is 17.8 Å². The van der Waals surface area contributed by atoms with Crippen molar-refractivity contribution in [2.45, 2.75) is 13.0 Å². The van der Waals surface area contributed by atoms with Gasteiger partial charge in [-0.1, -0.05) is 42.5 Å². The number of esters is 2. The average molecular weight is 341 g/mol. The SMILES string of the molecule is COC(=O)c1ccccc1C(=O)OCC(=O)NC(C)c1ccccc1. The molecule has 0 aliphatic heterocycles. The molecule has 0 saturated heterocycles. The lowest BCUT2D eigenvalue weighted by Crippen LogP contribution is -2.31. The van der Waals surface area contributed by atoms with E-state index in [1.165, 1.54) is 19.2 Å². The van der Waals surface area contributed by atoms with Gasteiger partial charge in [0.1, 0.15) is 0 Å². The number of amides is 1. The number of rotatable bonds is 6. The smallest absolute Gasteiger partial charge is 0.339 e. The van der Waals surface area contributed by atoms with Gasteiger partial charge in [-0.15, -0.1) is 0 Å². The van der Waals surface area contributed by atoms with Crippen LogP contribution in [0.2, 0.25) is 0 Å². The zero-order valence-corrected chi connectivity index (χ0v) is 14.0. The molecular formula is C19H19NO5. The number of carbonyl (C=O) groups excluding carboxylic acids is 3. The van der Waals surface area contributed by atoms with Gasteiger partial charge in [-0.25, -0.2) is 9.59 Å². The van der Waals surface area contributed by atoms with Crippen molar-refractivity contribution in [1.29, 1.82) is 0 Å². The number of methoxy groups -OCH3 is 1. The Morgan fingerprint density at radius 1 is 0.920 bits per heavy atom. The lowest BCUT2D eigenvalue weighted by molar-refractivity contribution is -0.124. The quantitative estimate of drug-likeness (QED) is 0.817. The summed E-state index contributed by atoms with van der Waals surface area (Å²) in [6.45, 7) is 1.40. The third-order valence-electron chi connectivity index (χ3n) is 3.56. The predicted molar refractivity (Wildman–Crippen MR) is 91.1 cm³/mol. The van der Waals surface area contributed by atoms with Gasteiger partial charge in [-0.2, -0.15) is 0 Å². The molecule has 6 heteroatoms. The second kappa shape index (κ2) is 8.63. The molecule has 0 aliphatic carbocycles. The van der Waals surface area contributed by atoms with Gasteiger partial charge in [0.25, 0.3) is 5.91 Å². The Kier molecular flexibility index (Phi) is 6.28. The van der Waals surface area contributed by atoms with E-state index in [4.69, 9.17) is 4.74 Å². The van der Waals surface area contributed by atoms with Crippen LogP contribution in [0.15, 0.2) is 54.6 Å². The zero-order valence-electron chi connectivity index (χ0n) is 14.0. The largest absolute Gasteiger partial charge is 0.465 e. The zero-order chi connectivity index (χ0) is 18.2. The fourth-order valence-electron chi connectivity index (χ4n) is 2.27. The number of hydrogen-bond donors (Lipinski definition) is 1. The maximum atomic E-state index is 12.1.